The number of aromatic nitrogens is 2. The van der Waals surface area contributed by atoms with Gasteiger partial charge in [-0.05, 0) is 13.0 Å². The van der Waals surface area contributed by atoms with Gasteiger partial charge >= 0.3 is 6.01 Å². The van der Waals surface area contributed by atoms with E-state index in [-0.39, 0.29) is 12.1 Å². The molecule has 0 spiro atoms. The summed E-state index contributed by atoms with van der Waals surface area (Å²) >= 11 is 6.07. The summed E-state index contributed by atoms with van der Waals surface area (Å²) in [6.45, 7) is 1.75. The third-order valence-corrected chi connectivity index (χ3v) is 2.84. The average molecular weight is 299 g/mol. The smallest absolute Gasteiger partial charge is 0.320 e. The molecule has 108 valence electrons. The third-order valence-electron chi connectivity index (χ3n) is 2.55. The molecule has 0 saturated heterocycles. The number of methoxy groups -OCH3 is 2. The minimum atomic E-state index is -0.334. The normalized spacial score (nSPS) is 12.1. The molecule has 2 aromatic rings. The first-order valence-corrected chi connectivity index (χ1v) is 6.20. The van der Waals surface area contributed by atoms with Crippen LogP contribution in [0.5, 0.6) is 11.5 Å². The van der Waals surface area contributed by atoms with Crippen molar-refractivity contribution >= 4 is 23.3 Å². The van der Waals surface area contributed by atoms with Crippen molar-refractivity contribution in [2.75, 3.05) is 19.5 Å². The van der Waals surface area contributed by atoms with E-state index in [1.54, 1.807) is 19.1 Å². The molecular weight excluding hydrogens is 284 g/mol. The van der Waals surface area contributed by atoms with E-state index < -0.39 is 0 Å². The molecule has 0 bridgehead atoms. The SMILES string of the molecule is COc1cc(OC)c(Nc2nnc(C(C)N)o2)cc1Cl. The number of nitrogens with two attached hydrogens (primary N) is 1. The fraction of sp³-hybridized carbons (Fsp3) is 0.333. The van der Waals surface area contributed by atoms with Crippen LogP contribution in [0.15, 0.2) is 16.5 Å². The number of hydrogen-bond acceptors (Lipinski definition) is 7. The molecule has 0 aliphatic heterocycles. The molecule has 2 rings (SSSR count). The molecule has 1 unspecified atom stereocenters. The maximum atomic E-state index is 6.07. The van der Waals surface area contributed by atoms with Crippen LogP contribution >= 0.6 is 11.6 Å². The number of nitrogens with one attached hydrogen (secondary N) is 1. The van der Waals surface area contributed by atoms with Crippen LogP contribution in [0.1, 0.15) is 18.9 Å². The highest BCUT2D eigenvalue weighted by Crippen LogP contribution is 2.37. The van der Waals surface area contributed by atoms with Crippen molar-refractivity contribution in [3.63, 3.8) is 0 Å². The molecule has 0 fully saturated rings. The predicted octanol–water partition coefficient (Wildman–Crippen LogP) is 2.50. The zero-order chi connectivity index (χ0) is 14.7. The Kier molecular flexibility index (Phi) is 4.31. The summed E-state index contributed by atoms with van der Waals surface area (Å²) in [5, 5.41) is 11.0. The average Bonchev–Trinajstić information content (AvgIpc) is 2.88. The highest BCUT2D eigenvalue weighted by Gasteiger charge is 2.14. The summed E-state index contributed by atoms with van der Waals surface area (Å²) < 4.78 is 15.7. The van der Waals surface area contributed by atoms with E-state index in [0.29, 0.717) is 28.1 Å². The van der Waals surface area contributed by atoms with Gasteiger partial charge in [0.2, 0.25) is 5.89 Å². The molecule has 8 heteroatoms. The van der Waals surface area contributed by atoms with Gasteiger partial charge in [-0.25, -0.2) is 0 Å². The molecule has 1 aromatic heterocycles. The summed E-state index contributed by atoms with van der Waals surface area (Å²) in [5.74, 6) is 1.38. The van der Waals surface area contributed by atoms with E-state index in [0.717, 1.165) is 0 Å². The molecule has 0 radical (unpaired) electrons. The number of benzene rings is 1. The minimum absolute atomic E-state index is 0.205. The van der Waals surface area contributed by atoms with Gasteiger partial charge in [0.1, 0.15) is 11.5 Å². The Bertz CT molecular complexity index is 600. The molecule has 7 nitrogen and oxygen atoms in total. The van der Waals surface area contributed by atoms with Crippen LogP contribution in [-0.2, 0) is 0 Å². The fourth-order valence-electron chi connectivity index (χ4n) is 1.54. The molecular formula is C12H15ClN4O3. The number of anilines is 2. The highest BCUT2D eigenvalue weighted by atomic mass is 35.5. The van der Waals surface area contributed by atoms with Gasteiger partial charge in [0.15, 0.2) is 0 Å². The lowest BCUT2D eigenvalue weighted by molar-refractivity contribution is 0.395. The molecule has 20 heavy (non-hydrogen) atoms. The van der Waals surface area contributed by atoms with Crippen LogP contribution in [0.2, 0.25) is 5.02 Å². The van der Waals surface area contributed by atoms with E-state index in [1.165, 1.54) is 14.2 Å². The largest absolute Gasteiger partial charge is 0.495 e. The van der Waals surface area contributed by atoms with Crippen LogP contribution in [-0.4, -0.2) is 24.4 Å². The van der Waals surface area contributed by atoms with Gasteiger partial charge < -0.3 is 24.9 Å². The second-order valence-electron chi connectivity index (χ2n) is 4.05. The Morgan fingerprint density at radius 2 is 1.95 bits per heavy atom. The molecule has 0 amide bonds. The number of ether oxygens (including phenoxy) is 2. The fourth-order valence-corrected chi connectivity index (χ4v) is 1.78. The first-order chi connectivity index (χ1) is 9.55. The van der Waals surface area contributed by atoms with Crippen LogP contribution in [0, 0.1) is 0 Å². The Labute approximate surface area is 121 Å². The Morgan fingerprint density at radius 1 is 1.25 bits per heavy atom. The number of rotatable bonds is 5. The van der Waals surface area contributed by atoms with Crippen LogP contribution in [0.3, 0.4) is 0 Å². The second kappa shape index (κ2) is 5.98. The first-order valence-electron chi connectivity index (χ1n) is 5.82. The maximum Gasteiger partial charge on any atom is 0.320 e. The van der Waals surface area contributed by atoms with Crippen molar-refractivity contribution in [1.82, 2.24) is 10.2 Å². The number of hydrogen-bond donors (Lipinski definition) is 2. The Balaban J connectivity index is 2.29. The van der Waals surface area contributed by atoms with Crippen molar-refractivity contribution in [1.29, 1.82) is 0 Å². The Morgan fingerprint density at radius 3 is 2.50 bits per heavy atom. The second-order valence-corrected chi connectivity index (χ2v) is 4.45. The van der Waals surface area contributed by atoms with Crippen molar-refractivity contribution < 1.29 is 13.9 Å². The van der Waals surface area contributed by atoms with Gasteiger partial charge in [0.05, 0.1) is 31.0 Å². The third kappa shape index (κ3) is 2.94. The molecule has 0 saturated carbocycles. The van der Waals surface area contributed by atoms with E-state index in [4.69, 9.17) is 31.2 Å². The van der Waals surface area contributed by atoms with Gasteiger partial charge in [0.25, 0.3) is 0 Å². The quantitative estimate of drug-likeness (QED) is 0.875. The monoisotopic (exact) mass is 298 g/mol. The summed E-state index contributed by atoms with van der Waals surface area (Å²) in [7, 11) is 3.07. The van der Waals surface area contributed by atoms with Crippen LogP contribution in [0.25, 0.3) is 0 Å². The van der Waals surface area contributed by atoms with Crippen LogP contribution < -0.4 is 20.5 Å². The Hall–Kier alpha value is -1.99. The molecule has 1 aromatic carbocycles. The van der Waals surface area contributed by atoms with E-state index >= 15 is 0 Å². The summed E-state index contributed by atoms with van der Waals surface area (Å²) in [6, 6.07) is 3.18. The summed E-state index contributed by atoms with van der Waals surface area (Å²) in [4.78, 5) is 0. The highest BCUT2D eigenvalue weighted by molar-refractivity contribution is 6.32. The molecule has 1 heterocycles. The summed E-state index contributed by atoms with van der Waals surface area (Å²) in [6.07, 6.45) is 0. The van der Waals surface area contributed by atoms with Gasteiger partial charge in [-0.2, -0.15) is 0 Å². The van der Waals surface area contributed by atoms with E-state index in [2.05, 4.69) is 15.5 Å². The van der Waals surface area contributed by atoms with Gasteiger partial charge in [-0.3, -0.25) is 0 Å². The lowest BCUT2D eigenvalue weighted by Gasteiger charge is -2.11. The zero-order valence-corrected chi connectivity index (χ0v) is 12.1. The molecule has 1 atom stereocenters. The summed E-state index contributed by atoms with van der Waals surface area (Å²) in [5.41, 5.74) is 6.23. The van der Waals surface area contributed by atoms with Crippen molar-refractivity contribution in [2.24, 2.45) is 5.73 Å². The molecule has 3 N–H and O–H groups in total. The van der Waals surface area contributed by atoms with Crippen molar-refractivity contribution in [3.8, 4) is 11.5 Å². The van der Waals surface area contributed by atoms with Crippen LogP contribution in [0.4, 0.5) is 11.7 Å². The van der Waals surface area contributed by atoms with Gasteiger partial charge in [0, 0.05) is 6.07 Å². The molecule has 0 aliphatic rings. The van der Waals surface area contributed by atoms with E-state index in [1.807, 2.05) is 0 Å². The number of nitrogens with zero attached hydrogens (tertiary/aromatic N) is 2. The maximum absolute atomic E-state index is 6.07. The van der Waals surface area contributed by atoms with E-state index in [9.17, 15) is 0 Å². The standard InChI is InChI=1S/C12H15ClN4O3/c1-6(14)11-16-17-12(20-11)15-8-4-7(13)9(18-2)5-10(8)19-3/h4-6H,14H2,1-3H3,(H,15,17). The lowest BCUT2D eigenvalue weighted by atomic mass is 10.2. The van der Waals surface area contributed by atoms with Gasteiger partial charge in [-0.1, -0.05) is 16.7 Å². The van der Waals surface area contributed by atoms with Crippen molar-refractivity contribution in [2.45, 2.75) is 13.0 Å². The number of halogens is 1. The minimum Gasteiger partial charge on any atom is -0.495 e. The molecule has 0 aliphatic carbocycles. The zero-order valence-electron chi connectivity index (χ0n) is 11.3. The first kappa shape index (κ1) is 14.4. The van der Waals surface area contributed by atoms with Gasteiger partial charge in [-0.15, -0.1) is 5.10 Å². The topological polar surface area (TPSA) is 95.4 Å². The lowest BCUT2D eigenvalue weighted by Crippen LogP contribution is -2.04. The predicted molar refractivity (Wildman–Crippen MR) is 74.7 cm³/mol. The van der Waals surface area contributed by atoms with Crippen molar-refractivity contribution in [3.05, 3.63) is 23.0 Å².